The maximum absolute atomic E-state index is 13.0. The number of carbonyl (C=O) groups excluding carboxylic acids is 1. The molecule has 7 heteroatoms. The number of hydrogen-bond acceptors (Lipinski definition) is 4. The van der Waals surface area contributed by atoms with E-state index in [1.165, 1.54) is 18.2 Å². The maximum atomic E-state index is 13.0. The normalized spacial score (nSPS) is 14.9. The van der Waals surface area contributed by atoms with E-state index in [0.29, 0.717) is 11.3 Å². The van der Waals surface area contributed by atoms with Crippen LogP contribution in [0.4, 0.5) is 10.1 Å². The van der Waals surface area contributed by atoms with Crippen LogP contribution in [0.5, 0.6) is 0 Å². The lowest BCUT2D eigenvalue weighted by atomic mass is 10.2. The van der Waals surface area contributed by atoms with Crippen molar-refractivity contribution in [1.29, 1.82) is 0 Å². The van der Waals surface area contributed by atoms with Gasteiger partial charge in [0.05, 0.1) is 12.2 Å². The summed E-state index contributed by atoms with van der Waals surface area (Å²) >= 11 is 0. The van der Waals surface area contributed by atoms with Crippen LogP contribution in [0, 0.1) is 12.7 Å². The summed E-state index contributed by atoms with van der Waals surface area (Å²) in [4.78, 5) is 12.1. The summed E-state index contributed by atoms with van der Waals surface area (Å²) in [5.41, 5.74) is 1.48. The first-order valence-corrected chi connectivity index (χ1v) is 6.33. The standard InChI is InChI=1S/C13H14FN5O/c1-8-4-9(14)2-3-11(8)16-13(20)12-7-19(18-17-12)10-5-15-6-10/h2-4,7,10,15H,5-6H2,1H3,(H,16,20). The molecule has 20 heavy (non-hydrogen) atoms. The Bertz CT molecular complexity index is 650. The van der Waals surface area contributed by atoms with E-state index < -0.39 is 0 Å². The Balaban J connectivity index is 1.73. The second kappa shape index (κ2) is 5.01. The number of aromatic nitrogens is 3. The highest BCUT2D eigenvalue weighted by molar-refractivity contribution is 6.03. The van der Waals surface area contributed by atoms with E-state index in [1.807, 2.05) is 0 Å². The van der Waals surface area contributed by atoms with Gasteiger partial charge in [0.1, 0.15) is 5.82 Å². The maximum Gasteiger partial charge on any atom is 0.277 e. The van der Waals surface area contributed by atoms with Crippen molar-refractivity contribution in [2.45, 2.75) is 13.0 Å². The molecule has 1 aromatic heterocycles. The van der Waals surface area contributed by atoms with Crippen LogP contribution < -0.4 is 10.6 Å². The van der Waals surface area contributed by atoms with Gasteiger partial charge in [0, 0.05) is 18.8 Å². The highest BCUT2D eigenvalue weighted by Gasteiger charge is 2.21. The van der Waals surface area contributed by atoms with E-state index >= 15 is 0 Å². The van der Waals surface area contributed by atoms with Crippen molar-refractivity contribution in [1.82, 2.24) is 20.3 Å². The zero-order valence-corrected chi connectivity index (χ0v) is 10.9. The molecule has 1 aliphatic rings. The lowest BCUT2D eigenvalue weighted by Gasteiger charge is -2.26. The van der Waals surface area contributed by atoms with Crippen molar-refractivity contribution < 1.29 is 9.18 Å². The van der Waals surface area contributed by atoms with E-state index in [4.69, 9.17) is 0 Å². The fourth-order valence-corrected chi connectivity index (χ4v) is 1.97. The summed E-state index contributed by atoms with van der Waals surface area (Å²) in [6.07, 6.45) is 1.62. The predicted octanol–water partition coefficient (Wildman–Crippen LogP) is 1.12. The van der Waals surface area contributed by atoms with Gasteiger partial charge >= 0.3 is 0 Å². The molecule has 6 nitrogen and oxygen atoms in total. The molecule has 0 unspecified atom stereocenters. The molecule has 1 aliphatic heterocycles. The first-order valence-electron chi connectivity index (χ1n) is 6.33. The number of benzene rings is 1. The van der Waals surface area contributed by atoms with Crippen molar-refractivity contribution in [2.75, 3.05) is 18.4 Å². The SMILES string of the molecule is Cc1cc(F)ccc1NC(=O)c1cn(C2CNC2)nn1. The van der Waals surface area contributed by atoms with Crippen LogP contribution in [0.15, 0.2) is 24.4 Å². The molecule has 0 bridgehead atoms. The van der Waals surface area contributed by atoms with Gasteiger partial charge in [0.15, 0.2) is 5.69 Å². The molecule has 2 aromatic rings. The highest BCUT2D eigenvalue weighted by Crippen LogP contribution is 2.17. The summed E-state index contributed by atoms with van der Waals surface area (Å²) < 4.78 is 14.7. The van der Waals surface area contributed by atoms with Crippen LogP contribution in [0.1, 0.15) is 22.1 Å². The van der Waals surface area contributed by atoms with Crippen molar-refractivity contribution in [3.63, 3.8) is 0 Å². The van der Waals surface area contributed by atoms with E-state index in [1.54, 1.807) is 17.8 Å². The monoisotopic (exact) mass is 275 g/mol. The van der Waals surface area contributed by atoms with E-state index in [0.717, 1.165) is 13.1 Å². The minimum Gasteiger partial charge on any atom is -0.320 e. The number of halogens is 1. The van der Waals surface area contributed by atoms with Gasteiger partial charge in [-0.15, -0.1) is 5.10 Å². The minimum atomic E-state index is -0.349. The van der Waals surface area contributed by atoms with Gasteiger partial charge in [0.25, 0.3) is 5.91 Å². The summed E-state index contributed by atoms with van der Waals surface area (Å²) in [7, 11) is 0. The summed E-state index contributed by atoms with van der Waals surface area (Å²) in [6.45, 7) is 3.40. The van der Waals surface area contributed by atoms with Gasteiger partial charge in [-0.3, -0.25) is 4.79 Å². The van der Waals surface area contributed by atoms with Gasteiger partial charge in [-0.25, -0.2) is 9.07 Å². The van der Waals surface area contributed by atoms with Crippen LogP contribution in [-0.2, 0) is 0 Å². The summed E-state index contributed by atoms with van der Waals surface area (Å²) in [6, 6.07) is 4.46. The third-order valence-corrected chi connectivity index (χ3v) is 3.31. The average Bonchev–Trinajstić information content (AvgIpc) is 2.80. The molecule has 0 spiro atoms. The minimum absolute atomic E-state index is 0.251. The first-order chi connectivity index (χ1) is 9.63. The highest BCUT2D eigenvalue weighted by atomic mass is 19.1. The molecular formula is C13H14FN5O. The topological polar surface area (TPSA) is 71.8 Å². The first kappa shape index (κ1) is 12.7. The Labute approximate surface area is 115 Å². The average molecular weight is 275 g/mol. The zero-order chi connectivity index (χ0) is 14.1. The number of hydrogen-bond donors (Lipinski definition) is 2. The Morgan fingerprint density at radius 1 is 1.50 bits per heavy atom. The molecule has 1 amide bonds. The molecule has 2 N–H and O–H groups in total. The Morgan fingerprint density at radius 2 is 2.30 bits per heavy atom. The van der Waals surface area contributed by atoms with E-state index in [-0.39, 0.29) is 23.5 Å². The van der Waals surface area contributed by atoms with Gasteiger partial charge in [0.2, 0.25) is 0 Å². The van der Waals surface area contributed by atoms with Gasteiger partial charge in [-0.05, 0) is 30.7 Å². The summed E-state index contributed by atoms with van der Waals surface area (Å²) in [5.74, 6) is -0.679. The fourth-order valence-electron chi connectivity index (χ4n) is 1.97. The van der Waals surface area contributed by atoms with E-state index in [2.05, 4.69) is 20.9 Å². The van der Waals surface area contributed by atoms with Crippen LogP contribution in [0.25, 0.3) is 0 Å². The molecule has 0 saturated carbocycles. The molecule has 3 rings (SSSR count). The lowest BCUT2D eigenvalue weighted by Crippen LogP contribution is -2.43. The van der Waals surface area contributed by atoms with Crippen LogP contribution in [0.3, 0.4) is 0 Å². The second-order valence-electron chi connectivity index (χ2n) is 4.81. The molecule has 2 heterocycles. The number of nitrogens with zero attached hydrogens (tertiary/aromatic N) is 3. The van der Waals surface area contributed by atoms with Crippen LogP contribution in [-0.4, -0.2) is 34.0 Å². The Morgan fingerprint density at radius 3 is 2.95 bits per heavy atom. The largest absolute Gasteiger partial charge is 0.320 e. The predicted molar refractivity (Wildman–Crippen MR) is 71.0 cm³/mol. The molecular weight excluding hydrogens is 261 g/mol. The van der Waals surface area contributed by atoms with Crippen molar-refractivity contribution in [3.8, 4) is 0 Å². The number of aryl methyl sites for hydroxylation is 1. The molecule has 1 aromatic carbocycles. The lowest BCUT2D eigenvalue weighted by molar-refractivity contribution is 0.102. The third-order valence-electron chi connectivity index (χ3n) is 3.31. The molecule has 1 fully saturated rings. The molecule has 104 valence electrons. The number of anilines is 1. The molecule has 0 aliphatic carbocycles. The van der Waals surface area contributed by atoms with Crippen LogP contribution >= 0.6 is 0 Å². The number of carbonyl (C=O) groups is 1. The van der Waals surface area contributed by atoms with Crippen molar-refractivity contribution in [3.05, 3.63) is 41.5 Å². The van der Waals surface area contributed by atoms with Crippen LogP contribution in [0.2, 0.25) is 0 Å². The van der Waals surface area contributed by atoms with Gasteiger partial charge < -0.3 is 10.6 Å². The number of nitrogens with one attached hydrogen (secondary N) is 2. The van der Waals surface area contributed by atoms with Crippen molar-refractivity contribution >= 4 is 11.6 Å². The summed E-state index contributed by atoms with van der Waals surface area (Å²) in [5, 5.41) is 13.6. The molecule has 0 atom stereocenters. The second-order valence-corrected chi connectivity index (χ2v) is 4.81. The van der Waals surface area contributed by atoms with E-state index in [9.17, 15) is 9.18 Å². The van der Waals surface area contributed by atoms with Crippen molar-refractivity contribution in [2.24, 2.45) is 0 Å². The van der Waals surface area contributed by atoms with Gasteiger partial charge in [-0.1, -0.05) is 5.21 Å². The quantitative estimate of drug-likeness (QED) is 0.880. The molecule has 1 saturated heterocycles. The number of rotatable bonds is 3. The smallest absolute Gasteiger partial charge is 0.277 e. The molecule has 0 radical (unpaired) electrons. The number of amides is 1. The Kier molecular flexibility index (Phi) is 3.19. The third kappa shape index (κ3) is 2.39. The van der Waals surface area contributed by atoms with Gasteiger partial charge in [-0.2, -0.15) is 0 Å². The zero-order valence-electron chi connectivity index (χ0n) is 10.9. The Hall–Kier alpha value is -2.28. The fraction of sp³-hybridized carbons (Fsp3) is 0.308.